The standard InChI is InChI=1S/C12H17NO2/c1-3-8-13(2)12-9-14-10-6-4-5-7-11(10)15-12/h4-7,12H,3,8-9H2,1-2H3. The second-order valence-electron chi connectivity index (χ2n) is 3.81. The van der Waals surface area contributed by atoms with Crippen LogP contribution in [0.15, 0.2) is 24.3 Å². The minimum Gasteiger partial charge on any atom is -0.484 e. The van der Waals surface area contributed by atoms with E-state index in [-0.39, 0.29) is 6.23 Å². The van der Waals surface area contributed by atoms with Gasteiger partial charge in [0.05, 0.1) is 0 Å². The molecule has 0 bridgehead atoms. The maximum Gasteiger partial charge on any atom is 0.186 e. The van der Waals surface area contributed by atoms with Gasteiger partial charge in [0.25, 0.3) is 0 Å². The quantitative estimate of drug-likeness (QED) is 0.758. The van der Waals surface area contributed by atoms with Crippen molar-refractivity contribution in [3.05, 3.63) is 24.3 Å². The lowest BCUT2D eigenvalue weighted by atomic mass is 10.3. The number of fused-ring (bicyclic) bond motifs is 1. The van der Waals surface area contributed by atoms with E-state index in [9.17, 15) is 0 Å². The molecule has 1 heterocycles. The maximum atomic E-state index is 5.85. The van der Waals surface area contributed by atoms with E-state index in [0.29, 0.717) is 6.61 Å². The number of nitrogens with zero attached hydrogens (tertiary/aromatic N) is 1. The molecule has 0 aliphatic carbocycles. The van der Waals surface area contributed by atoms with Crippen LogP contribution in [0.3, 0.4) is 0 Å². The summed E-state index contributed by atoms with van der Waals surface area (Å²) in [5, 5.41) is 0. The van der Waals surface area contributed by atoms with E-state index in [1.54, 1.807) is 0 Å². The van der Waals surface area contributed by atoms with Crippen LogP contribution >= 0.6 is 0 Å². The Kier molecular flexibility index (Phi) is 3.11. The molecule has 3 nitrogen and oxygen atoms in total. The molecule has 1 aliphatic heterocycles. The average molecular weight is 207 g/mol. The first-order chi connectivity index (χ1) is 7.31. The summed E-state index contributed by atoms with van der Waals surface area (Å²) in [5.41, 5.74) is 0. The van der Waals surface area contributed by atoms with E-state index in [0.717, 1.165) is 24.5 Å². The number of likely N-dealkylation sites (N-methyl/N-ethyl adjacent to an activating group) is 1. The van der Waals surface area contributed by atoms with Crippen molar-refractivity contribution >= 4 is 0 Å². The van der Waals surface area contributed by atoms with Gasteiger partial charge in [-0.15, -0.1) is 0 Å². The molecule has 0 aromatic heterocycles. The van der Waals surface area contributed by atoms with Crippen LogP contribution < -0.4 is 9.47 Å². The van der Waals surface area contributed by atoms with Crippen molar-refractivity contribution in [2.75, 3.05) is 20.2 Å². The lowest BCUT2D eigenvalue weighted by molar-refractivity contribution is -0.0150. The van der Waals surface area contributed by atoms with Gasteiger partial charge >= 0.3 is 0 Å². The summed E-state index contributed by atoms with van der Waals surface area (Å²) in [6, 6.07) is 7.80. The minimum absolute atomic E-state index is 0.0415. The molecule has 82 valence electrons. The van der Waals surface area contributed by atoms with Crippen molar-refractivity contribution in [3.63, 3.8) is 0 Å². The topological polar surface area (TPSA) is 21.7 Å². The highest BCUT2D eigenvalue weighted by Crippen LogP contribution is 2.31. The maximum absolute atomic E-state index is 5.85. The number of ether oxygens (including phenoxy) is 2. The van der Waals surface area contributed by atoms with Gasteiger partial charge in [-0.2, -0.15) is 0 Å². The first-order valence-electron chi connectivity index (χ1n) is 5.40. The fourth-order valence-corrected chi connectivity index (χ4v) is 1.72. The zero-order valence-electron chi connectivity index (χ0n) is 9.27. The summed E-state index contributed by atoms with van der Waals surface area (Å²) in [5.74, 6) is 1.69. The highest BCUT2D eigenvalue weighted by molar-refractivity contribution is 5.40. The monoisotopic (exact) mass is 207 g/mol. The van der Waals surface area contributed by atoms with Crippen LogP contribution in [0.1, 0.15) is 13.3 Å². The fraction of sp³-hybridized carbons (Fsp3) is 0.500. The van der Waals surface area contributed by atoms with Crippen molar-refractivity contribution in [1.29, 1.82) is 0 Å². The zero-order valence-corrected chi connectivity index (χ0v) is 9.27. The Hall–Kier alpha value is -1.22. The summed E-state index contributed by atoms with van der Waals surface area (Å²) in [6.45, 7) is 3.79. The van der Waals surface area contributed by atoms with Crippen LogP contribution in [0.25, 0.3) is 0 Å². The minimum atomic E-state index is 0.0415. The average Bonchev–Trinajstić information content (AvgIpc) is 2.29. The summed E-state index contributed by atoms with van der Waals surface area (Å²) >= 11 is 0. The van der Waals surface area contributed by atoms with Crippen molar-refractivity contribution in [1.82, 2.24) is 4.90 Å². The van der Waals surface area contributed by atoms with Crippen LogP contribution in [0.5, 0.6) is 11.5 Å². The third kappa shape index (κ3) is 2.23. The van der Waals surface area contributed by atoms with Gasteiger partial charge in [-0.3, -0.25) is 4.90 Å². The van der Waals surface area contributed by atoms with E-state index in [4.69, 9.17) is 9.47 Å². The molecular weight excluding hydrogens is 190 g/mol. The predicted molar refractivity (Wildman–Crippen MR) is 59.3 cm³/mol. The van der Waals surface area contributed by atoms with Gasteiger partial charge in [-0.25, -0.2) is 0 Å². The normalized spacial score (nSPS) is 19.3. The van der Waals surface area contributed by atoms with Crippen molar-refractivity contribution in [2.45, 2.75) is 19.6 Å². The number of hydrogen-bond donors (Lipinski definition) is 0. The highest BCUT2D eigenvalue weighted by Gasteiger charge is 2.23. The molecule has 0 fully saturated rings. The molecule has 1 aromatic carbocycles. The van der Waals surface area contributed by atoms with E-state index >= 15 is 0 Å². The molecule has 1 atom stereocenters. The fourth-order valence-electron chi connectivity index (χ4n) is 1.72. The number of benzene rings is 1. The zero-order chi connectivity index (χ0) is 10.7. The number of hydrogen-bond acceptors (Lipinski definition) is 3. The van der Waals surface area contributed by atoms with Gasteiger partial charge in [-0.1, -0.05) is 19.1 Å². The van der Waals surface area contributed by atoms with E-state index in [1.807, 2.05) is 24.3 Å². The molecule has 15 heavy (non-hydrogen) atoms. The molecule has 3 heteroatoms. The molecule has 0 radical (unpaired) electrons. The summed E-state index contributed by atoms with van der Waals surface area (Å²) in [7, 11) is 2.06. The molecule has 1 aromatic rings. The summed E-state index contributed by atoms with van der Waals surface area (Å²) < 4.78 is 11.5. The molecule has 0 saturated heterocycles. The van der Waals surface area contributed by atoms with Crippen LogP contribution in [-0.4, -0.2) is 31.3 Å². The molecule has 0 saturated carbocycles. The van der Waals surface area contributed by atoms with E-state index in [1.165, 1.54) is 0 Å². The molecule has 2 rings (SSSR count). The second kappa shape index (κ2) is 4.53. The lowest BCUT2D eigenvalue weighted by Gasteiger charge is -2.32. The lowest BCUT2D eigenvalue weighted by Crippen LogP contribution is -2.43. The van der Waals surface area contributed by atoms with E-state index < -0.39 is 0 Å². The Morgan fingerprint density at radius 3 is 2.80 bits per heavy atom. The van der Waals surface area contributed by atoms with Crippen molar-refractivity contribution in [3.8, 4) is 11.5 Å². The van der Waals surface area contributed by atoms with Crippen LogP contribution in [0, 0.1) is 0 Å². The summed E-state index contributed by atoms with van der Waals surface area (Å²) in [4.78, 5) is 2.18. The van der Waals surface area contributed by atoms with Gasteiger partial charge in [0.15, 0.2) is 17.7 Å². The molecule has 1 unspecified atom stereocenters. The highest BCUT2D eigenvalue weighted by atomic mass is 16.6. The largest absolute Gasteiger partial charge is 0.484 e. The van der Waals surface area contributed by atoms with Gasteiger partial charge in [-0.05, 0) is 25.6 Å². The van der Waals surface area contributed by atoms with Gasteiger partial charge in [0, 0.05) is 6.54 Å². The van der Waals surface area contributed by atoms with E-state index in [2.05, 4.69) is 18.9 Å². The molecule has 0 spiro atoms. The van der Waals surface area contributed by atoms with Crippen LogP contribution in [0.2, 0.25) is 0 Å². The molecule has 0 amide bonds. The molecular formula is C12H17NO2. The Labute approximate surface area is 90.6 Å². The van der Waals surface area contributed by atoms with Crippen LogP contribution in [0.4, 0.5) is 0 Å². The predicted octanol–water partition coefficient (Wildman–Crippen LogP) is 2.13. The molecule has 1 aliphatic rings. The van der Waals surface area contributed by atoms with Crippen molar-refractivity contribution in [2.24, 2.45) is 0 Å². The van der Waals surface area contributed by atoms with Crippen molar-refractivity contribution < 1.29 is 9.47 Å². The smallest absolute Gasteiger partial charge is 0.186 e. The first-order valence-corrected chi connectivity index (χ1v) is 5.40. The SMILES string of the molecule is CCCN(C)C1COc2ccccc2O1. The number of para-hydroxylation sites is 2. The third-order valence-corrected chi connectivity index (χ3v) is 2.56. The Morgan fingerprint density at radius 2 is 2.07 bits per heavy atom. The second-order valence-corrected chi connectivity index (χ2v) is 3.81. The van der Waals surface area contributed by atoms with Gasteiger partial charge < -0.3 is 9.47 Å². The third-order valence-electron chi connectivity index (χ3n) is 2.56. The first kappa shape index (κ1) is 10.3. The Bertz CT molecular complexity index is 327. The molecule has 0 N–H and O–H groups in total. The Balaban J connectivity index is 2.05. The van der Waals surface area contributed by atoms with Gasteiger partial charge in [0.2, 0.25) is 0 Å². The summed E-state index contributed by atoms with van der Waals surface area (Å²) in [6.07, 6.45) is 1.16. The number of rotatable bonds is 3. The van der Waals surface area contributed by atoms with Crippen LogP contribution in [-0.2, 0) is 0 Å². The Morgan fingerprint density at radius 1 is 1.33 bits per heavy atom. The van der Waals surface area contributed by atoms with Gasteiger partial charge in [0.1, 0.15) is 6.61 Å².